The summed E-state index contributed by atoms with van der Waals surface area (Å²) in [6.45, 7) is 8.55. The summed E-state index contributed by atoms with van der Waals surface area (Å²) in [5, 5.41) is 0. The van der Waals surface area contributed by atoms with E-state index in [1.165, 1.54) is 32.1 Å². The molecule has 0 saturated carbocycles. The van der Waals surface area contributed by atoms with E-state index in [0.717, 1.165) is 25.9 Å². The Hall–Kier alpha value is 0.0569. The molecular formula is C16H33O4Si. The van der Waals surface area contributed by atoms with Crippen LogP contribution in [-0.2, 0) is 18.6 Å². The van der Waals surface area contributed by atoms with E-state index in [2.05, 4.69) is 10.5 Å². The molecule has 0 aromatic heterocycles. The first-order valence-electron chi connectivity index (χ1n) is 8.45. The molecule has 0 fully saturated rings. The van der Waals surface area contributed by atoms with Crippen LogP contribution in [0.5, 0.6) is 0 Å². The van der Waals surface area contributed by atoms with Crippen molar-refractivity contribution in [2.45, 2.75) is 78.1 Å². The van der Waals surface area contributed by atoms with E-state index in [1.54, 1.807) is 0 Å². The van der Waals surface area contributed by atoms with Gasteiger partial charge >= 0.3 is 0 Å². The van der Waals surface area contributed by atoms with E-state index in [1.807, 2.05) is 20.8 Å². The second-order valence-electron chi connectivity index (χ2n) is 5.06. The largest absolute Gasteiger partial charge is 0.419 e. The summed E-state index contributed by atoms with van der Waals surface area (Å²) >= 11 is 0. The number of rotatable bonds is 16. The average molecular weight is 318 g/mol. The van der Waals surface area contributed by atoms with Crippen LogP contribution in [0, 0.1) is 0 Å². The van der Waals surface area contributed by atoms with Crippen molar-refractivity contribution >= 4 is 10.5 Å². The molecule has 21 heavy (non-hydrogen) atoms. The van der Waals surface area contributed by atoms with E-state index >= 15 is 0 Å². The van der Waals surface area contributed by atoms with Crippen molar-refractivity contribution in [3.05, 3.63) is 0 Å². The van der Waals surface area contributed by atoms with Gasteiger partial charge in [-0.25, -0.2) is 0 Å². The van der Waals surface area contributed by atoms with Crippen molar-refractivity contribution in [3.8, 4) is 0 Å². The summed E-state index contributed by atoms with van der Waals surface area (Å²) in [6.07, 6.45) is 9.27. The Morgan fingerprint density at radius 2 is 1.10 bits per heavy atom. The van der Waals surface area contributed by atoms with Crippen LogP contribution in [0.15, 0.2) is 0 Å². The number of unbranched alkanes of at least 4 members (excludes halogenated alkanes) is 6. The molecule has 3 radical (unpaired) electrons. The van der Waals surface area contributed by atoms with Crippen LogP contribution in [0.3, 0.4) is 0 Å². The summed E-state index contributed by atoms with van der Waals surface area (Å²) in [4.78, 5) is 0. The van der Waals surface area contributed by atoms with Gasteiger partial charge in [-0.2, -0.15) is 0 Å². The SMILES string of the molecule is CCOC(CCCCCCCCCO[Si])(OCC)OCC. The molecular weight excluding hydrogens is 284 g/mol. The fourth-order valence-corrected chi connectivity index (χ4v) is 2.55. The van der Waals surface area contributed by atoms with Crippen LogP contribution in [-0.4, -0.2) is 42.9 Å². The van der Waals surface area contributed by atoms with E-state index < -0.39 is 5.97 Å². The van der Waals surface area contributed by atoms with Gasteiger partial charge in [-0.15, -0.1) is 0 Å². The molecule has 0 unspecified atom stereocenters. The van der Waals surface area contributed by atoms with Crippen LogP contribution < -0.4 is 0 Å². The topological polar surface area (TPSA) is 36.9 Å². The Morgan fingerprint density at radius 1 is 0.667 bits per heavy atom. The molecule has 0 bridgehead atoms. The van der Waals surface area contributed by atoms with E-state index in [4.69, 9.17) is 18.6 Å². The van der Waals surface area contributed by atoms with Gasteiger partial charge in [0.15, 0.2) is 0 Å². The molecule has 0 N–H and O–H groups in total. The van der Waals surface area contributed by atoms with Crippen molar-refractivity contribution in [2.75, 3.05) is 26.4 Å². The molecule has 0 heterocycles. The third kappa shape index (κ3) is 11.3. The maximum Gasteiger partial charge on any atom is 0.282 e. The van der Waals surface area contributed by atoms with E-state index in [0.29, 0.717) is 19.8 Å². The summed E-state index contributed by atoms with van der Waals surface area (Å²) in [6, 6.07) is 0. The summed E-state index contributed by atoms with van der Waals surface area (Å²) in [7, 11) is 3.02. The molecule has 4 nitrogen and oxygen atoms in total. The zero-order valence-electron chi connectivity index (χ0n) is 14.1. The van der Waals surface area contributed by atoms with Crippen molar-refractivity contribution in [3.63, 3.8) is 0 Å². The van der Waals surface area contributed by atoms with Crippen LogP contribution in [0.2, 0.25) is 0 Å². The van der Waals surface area contributed by atoms with Crippen molar-refractivity contribution in [1.82, 2.24) is 0 Å². The second-order valence-corrected chi connectivity index (χ2v) is 5.34. The number of ether oxygens (including phenoxy) is 3. The average Bonchev–Trinajstić information content (AvgIpc) is 2.46. The molecule has 0 rings (SSSR count). The van der Waals surface area contributed by atoms with Crippen LogP contribution in [0.1, 0.15) is 72.1 Å². The normalized spacial score (nSPS) is 12.0. The van der Waals surface area contributed by atoms with E-state index in [9.17, 15) is 0 Å². The minimum absolute atomic E-state index is 0.607. The van der Waals surface area contributed by atoms with Gasteiger partial charge in [0.1, 0.15) is 0 Å². The van der Waals surface area contributed by atoms with Gasteiger partial charge in [0, 0.05) is 32.8 Å². The Bertz CT molecular complexity index is 197. The van der Waals surface area contributed by atoms with Gasteiger partial charge < -0.3 is 18.6 Å². The van der Waals surface area contributed by atoms with E-state index in [-0.39, 0.29) is 0 Å². The van der Waals surface area contributed by atoms with Crippen LogP contribution in [0.4, 0.5) is 0 Å². The fourth-order valence-electron chi connectivity index (χ4n) is 2.40. The predicted molar refractivity (Wildman–Crippen MR) is 86.3 cm³/mol. The van der Waals surface area contributed by atoms with Crippen molar-refractivity contribution < 1.29 is 18.6 Å². The lowest BCUT2D eigenvalue weighted by Crippen LogP contribution is -2.39. The molecule has 0 spiro atoms. The third-order valence-corrected chi connectivity index (χ3v) is 3.53. The summed E-state index contributed by atoms with van der Waals surface area (Å²) < 4.78 is 22.0. The molecule has 0 saturated heterocycles. The zero-order chi connectivity index (χ0) is 15.8. The molecule has 0 aromatic carbocycles. The Balaban J connectivity index is 3.76. The van der Waals surface area contributed by atoms with Gasteiger partial charge in [-0.05, 0) is 33.6 Å². The molecule has 5 heteroatoms. The number of hydrogen-bond donors (Lipinski definition) is 0. The van der Waals surface area contributed by atoms with Crippen LogP contribution in [0.25, 0.3) is 0 Å². The smallest absolute Gasteiger partial charge is 0.282 e. The maximum absolute atomic E-state index is 5.72. The third-order valence-electron chi connectivity index (χ3n) is 3.32. The quantitative estimate of drug-likeness (QED) is 0.245. The first kappa shape index (κ1) is 21.1. The standard InChI is InChI=1S/C16H33O4Si/c1-4-17-16(18-5-2,19-6-3)14-12-10-8-7-9-11-13-15-20-21/h4-15H2,1-3H3. The molecule has 0 amide bonds. The zero-order valence-corrected chi connectivity index (χ0v) is 15.1. The van der Waals surface area contributed by atoms with Gasteiger partial charge in [0.2, 0.25) is 10.5 Å². The highest BCUT2D eigenvalue weighted by Crippen LogP contribution is 2.24. The van der Waals surface area contributed by atoms with Crippen molar-refractivity contribution in [1.29, 1.82) is 0 Å². The van der Waals surface area contributed by atoms with Gasteiger partial charge in [-0.3, -0.25) is 0 Å². The molecule has 125 valence electrons. The molecule has 0 aliphatic rings. The summed E-state index contributed by atoms with van der Waals surface area (Å²) in [5.74, 6) is -0.828. The highest BCUT2D eigenvalue weighted by Gasteiger charge is 2.31. The lowest BCUT2D eigenvalue weighted by atomic mass is 10.1. The predicted octanol–water partition coefficient (Wildman–Crippen LogP) is 3.97. The molecule has 0 aliphatic heterocycles. The summed E-state index contributed by atoms with van der Waals surface area (Å²) in [5.41, 5.74) is 0. The van der Waals surface area contributed by atoms with Gasteiger partial charge in [-0.1, -0.05) is 32.1 Å². The number of hydrogen-bond acceptors (Lipinski definition) is 4. The fraction of sp³-hybridized carbons (Fsp3) is 1.00. The Morgan fingerprint density at radius 3 is 1.52 bits per heavy atom. The lowest BCUT2D eigenvalue weighted by Gasteiger charge is -2.32. The molecule has 0 aliphatic carbocycles. The van der Waals surface area contributed by atoms with Gasteiger partial charge in [0.25, 0.3) is 5.97 Å². The molecule has 0 aromatic rings. The monoisotopic (exact) mass is 317 g/mol. The van der Waals surface area contributed by atoms with Crippen molar-refractivity contribution in [2.24, 2.45) is 0 Å². The Kier molecular flexibility index (Phi) is 15.0. The molecule has 0 atom stereocenters. The second kappa shape index (κ2) is 15.0. The van der Waals surface area contributed by atoms with Gasteiger partial charge in [0.05, 0.1) is 0 Å². The lowest BCUT2D eigenvalue weighted by molar-refractivity contribution is -0.380. The minimum atomic E-state index is -0.828. The highest BCUT2D eigenvalue weighted by molar-refractivity contribution is 5.97. The Labute approximate surface area is 134 Å². The van der Waals surface area contributed by atoms with Crippen LogP contribution >= 0.6 is 0 Å². The maximum atomic E-state index is 5.72. The minimum Gasteiger partial charge on any atom is -0.419 e. The highest BCUT2D eigenvalue weighted by atomic mass is 28.2. The first-order valence-corrected chi connectivity index (χ1v) is 8.85. The first-order chi connectivity index (χ1) is 10.2.